The Bertz CT molecular complexity index is 1570. The Morgan fingerprint density at radius 3 is 0.576 bits per heavy atom. The molecule has 0 aliphatic carbocycles. The maximum absolute atomic E-state index is 2.26. The van der Waals surface area contributed by atoms with Gasteiger partial charge in [-0.15, -0.1) is 0 Å². The van der Waals surface area contributed by atoms with E-state index in [1.807, 2.05) is 159 Å². The van der Waals surface area contributed by atoms with E-state index in [0.717, 1.165) is 6.42 Å². The van der Waals surface area contributed by atoms with E-state index in [9.17, 15) is 0 Å². The molecule has 0 nitrogen and oxygen atoms in total. The average Bonchev–Trinajstić information content (AvgIpc) is 3.41. The Hall–Kier alpha value is -5.46. The average molecular weight is 902 g/mol. The molecule has 0 spiro atoms. The molecule has 0 aromatic heterocycles. The summed E-state index contributed by atoms with van der Waals surface area (Å²) in [6.45, 7) is 36.5. The zero-order valence-electron chi connectivity index (χ0n) is 43.0. The van der Waals surface area contributed by atoms with Crippen molar-refractivity contribution in [3.63, 3.8) is 0 Å². The van der Waals surface area contributed by atoms with Gasteiger partial charge >= 0.3 is 0 Å². The fraction of sp³-hybridized carbons (Fsp3) is 0.364. The summed E-state index contributed by atoms with van der Waals surface area (Å²) in [6.07, 6.45) is 1.03. The van der Waals surface area contributed by atoms with Crippen molar-refractivity contribution in [2.45, 2.75) is 166 Å². The molecule has 0 radical (unpaired) electrons. The summed E-state index contributed by atoms with van der Waals surface area (Å²) >= 11 is 0. The van der Waals surface area contributed by atoms with Crippen LogP contribution in [0.15, 0.2) is 218 Å². The summed E-state index contributed by atoms with van der Waals surface area (Å²) in [4.78, 5) is 0. The molecule has 0 N–H and O–H groups in total. The monoisotopic (exact) mass is 901 g/mol. The van der Waals surface area contributed by atoms with Crippen molar-refractivity contribution in [3.8, 4) is 11.1 Å². The number of benzene rings is 7. The molecule has 7 aromatic carbocycles. The molecule has 372 valence electrons. The second kappa shape index (κ2) is 66.1. The van der Waals surface area contributed by atoms with Crippen molar-refractivity contribution < 1.29 is 0 Å². The van der Waals surface area contributed by atoms with Crippen molar-refractivity contribution in [2.24, 2.45) is 0 Å². The molecular weight excluding hydrogens is 793 g/mol. The number of hydrogen-bond acceptors (Lipinski definition) is 0. The number of rotatable bonds is 5. The smallest absolute Gasteiger partial charge is 0.0146 e. The predicted octanol–water partition coefficient (Wildman–Crippen LogP) is 23.1. The van der Waals surface area contributed by atoms with Gasteiger partial charge in [0.1, 0.15) is 0 Å². The van der Waals surface area contributed by atoms with Gasteiger partial charge < -0.3 is 0 Å². The van der Waals surface area contributed by atoms with Gasteiger partial charge in [-0.05, 0) is 39.8 Å². The summed E-state index contributed by atoms with van der Waals surface area (Å²) < 4.78 is 0. The van der Waals surface area contributed by atoms with E-state index < -0.39 is 0 Å². The first-order valence-electron chi connectivity index (χ1n) is 23.9. The molecule has 0 fully saturated rings. The van der Waals surface area contributed by atoms with Crippen LogP contribution in [0.2, 0.25) is 0 Å². The Labute approximate surface area is 416 Å². The molecule has 7 aromatic rings. The van der Waals surface area contributed by atoms with Gasteiger partial charge in [0.15, 0.2) is 0 Å². The first kappa shape index (κ1) is 80.8. The summed E-state index contributed by atoms with van der Waals surface area (Å²) in [5.41, 5.74) is 8.09. The van der Waals surface area contributed by atoms with Crippen LogP contribution in [0.1, 0.15) is 177 Å². The predicted molar refractivity (Wildman–Crippen MR) is 317 cm³/mol. The third kappa shape index (κ3) is 41.3. The van der Waals surface area contributed by atoms with E-state index in [0.29, 0.717) is 0 Å². The van der Waals surface area contributed by atoms with Crippen LogP contribution < -0.4 is 0 Å². The standard InChI is InChI=1S/C15H16.C13H12.C12H10.C6H6.8C2H6.4CH4/c1-15(2,13-9-5-3-6-10-13)14-11-7-4-8-12-14;1-3-7-12(8-4-1)11-13-9-5-2-6-10-13;1-3-7-11(8-4-1)12-9-5-2-6-10-12;1-2-4-6-5-3-1;8*1-2;;;;/h3-12H,1-2H3;1-10H,11H2;1-10H;1-6H;8*1-2H3;4*1H4. The summed E-state index contributed by atoms with van der Waals surface area (Å²) in [6, 6.07) is 75.1. The minimum absolute atomic E-state index is 0. The highest BCUT2D eigenvalue weighted by atomic mass is 14.2. The molecule has 0 saturated carbocycles. The molecule has 0 heterocycles. The van der Waals surface area contributed by atoms with Gasteiger partial charge in [-0.25, -0.2) is 0 Å². The molecule has 0 atom stereocenters. The van der Waals surface area contributed by atoms with Gasteiger partial charge in [-0.3, -0.25) is 0 Å². The van der Waals surface area contributed by atoms with E-state index in [1.54, 1.807) is 0 Å². The van der Waals surface area contributed by atoms with Gasteiger partial charge in [-0.1, -0.05) is 373 Å². The molecule has 66 heavy (non-hydrogen) atoms. The van der Waals surface area contributed by atoms with Gasteiger partial charge in [0, 0.05) is 5.41 Å². The lowest BCUT2D eigenvalue weighted by Crippen LogP contribution is -2.18. The van der Waals surface area contributed by atoms with Crippen molar-refractivity contribution in [3.05, 3.63) is 241 Å². The van der Waals surface area contributed by atoms with Crippen LogP contribution in [0.5, 0.6) is 0 Å². The van der Waals surface area contributed by atoms with Gasteiger partial charge in [0.05, 0.1) is 0 Å². The second-order valence-electron chi connectivity index (χ2n) is 11.4. The highest BCUT2D eigenvalue weighted by Crippen LogP contribution is 2.30. The molecular formula is C66H108. The van der Waals surface area contributed by atoms with Crippen LogP contribution in [0, 0.1) is 0 Å². The Morgan fingerprint density at radius 2 is 0.379 bits per heavy atom. The van der Waals surface area contributed by atoms with E-state index in [2.05, 4.69) is 184 Å². The second-order valence-corrected chi connectivity index (χ2v) is 11.4. The summed E-state index contributed by atoms with van der Waals surface area (Å²) in [7, 11) is 0. The van der Waals surface area contributed by atoms with Gasteiger partial charge in [-0.2, -0.15) is 0 Å². The van der Waals surface area contributed by atoms with Crippen molar-refractivity contribution in [2.75, 3.05) is 0 Å². The van der Waals surface area contributed by atoms with Crippen LogP contribution >= 0.6 is 0 Å². The normalized spacial score (nSPS) is 7.73. The molecule has 0 unspecified atom stereocenters. The molecule has 0 amide bonds. The fourth-order valence-corrected chi connectivity index (χ4v) is 4.95. The molecule has 0 aliphatic rings. The first-order chi connectivity index (χ1) is 30.6. The van der Waals surface area contributed by atoms with Gasteiger partial charge in [0.2, 0.25) is 0 Å². The van der Waals surface area contributed by atoms with Crippen LogP contribution in [0.3, 0.4) is 0 Å². The Morgan fingerprint density at radius 1 is 0.227 bits per heavy atom. The van der Waals surface area contributed by atoms with E-state index >= 15 is 0 Å². The molecule has 0 bridgehead atoms. The minimum atomic E-state index is 0. The highest BCUT2D eigenvalue weighted by molar-refractivity contribution is 5.62. The maximum Gasteiger partial charge on any atom is 0.0146 e. The Balaban J connectivity index is -0.0000000850. The van der Waals surface area contributed by atoms with Crippen LogP contribution in [-0.2, 0) is 11.8 Å². The van der Waals surface area contributed by atoms with Crippen molar-refractivity contribution in [1.29, 1.82) is 0 Å². The fourth-order valence-electron chi connectivity index (χ4n) is 4.95. The lowest BCUT2D eigenvalue weighted by molar-refractivity contribution is 0.641. The molecule has 0 heteroatoms. The molecule has 0 saturated heterocycles. The first-order valence-corrected chi connectivity index (χ1v) is 23.9. The summed E-state index contributed by atoms with van der Waals surface area (Å²) in [5.74, 6) is 0. The van der Waals surface area contributed by atoms with Gasteiger partial charge in [0.25, 0.3) is 0 Å². The lowest BCUT2D eigenvalue weighted by Gasteiger charge is -2.25. The van der Waals surface area contributed by atoms with Crippen LogP contribution in [0.25, 0.3) is 11.1 Å². The maximum atomic E-state index is 2.26. The van der Waals surface area contributed by atoms with Crippen molar-refractivity contribution >= 4 is 0 Å². The minimum Gasteiger partial charge on any atom is -0.0776 e. The highest BCUT2D eigenvalue weighted by Gasteiger charge is 2.21. The Kier molecular flexibility index (Phi) is 81.0. The van der Waals surface area contributed by atoms with E-state index in [1.165, 1.54) is 33.4 Å². The zero-order chi connectivity index (χ0) is 48.1. The third-order valence-electron chi connectivity index (χ3n) is 7.63. The van der Waals surface area contributed by atoms with Crippen LogP contribution in [0.4, 0.5) is 0 Å². The molecule has 7 rings (SSSR count). The number of hydrogen-bond donors (Lipinski definition) is 0. The third-order valence-corrected chi connectivity index (χ3v) is 7.63. The topological polar surface area (TPSA) is 0 Å². The molecule has 0 aliphatic heterocycles. The lowest BCUT2D eigenvalue weighted by atomic mass is 9.78. The van der Waals surface area contributed by atoms with E-state index in [-0.39, 0.29) is 35.1 Å². The largest absolute Gasteiger partial charge is 0.0776 e. The van der Waals surface area contributed by atoms with E-state index in [4.69, 9.17) is 0 Å². The summed E-state index contributed by atoms with van der Waals surface area (Å²) in [5, 5.41) is 0. The van der Waals surface area contributed by atoms with Crippen molar-refractivity contribution in [1.82, 2.24) is 0 Å². The quantitative estimate of drug-likeness (QED) is 0.161. The SMILES string of the molecule is C.C.C.C.CC.CC.CC.CC.CC.CC.CC.CC.CC(C)(c1ccccc1)c1ccccc1.c1ccc(-c2ccccc2)cc1.c1ccc(Cc2ccccc2)cc1.c1ccccc1. The zero-order valence-corrected chi connectivity index (χ0v) is 43.0. The van der Waals surface area contributed by atoms with Crippen LogP contribution in [-0.4, -0.2) is 0 Å².